The van der Waals surface area contributed by atoms with Crippen LogP contribution >= 0.6 is 11.3 Å². The minimum atomic E-state index is -3.91. The lowest BCUT2D eigenvalue weighted by molar-refractivity contribution is -0.153. The zero-order valence-electron chi connectivity index (χ0n) is 26.1. The number of sulfonamides is 1. The van der Waals surface area contributed by atoms with Crippen LogP contribution in [0.1, 0.15) is 17.9 Å². The van der Waals surface area contributed by atoms with Crippen molar-refractivity contribution in [2.24, 2.45) is 0 Å². The second-order valence-electron chi connectivity index (χ2n) is 10.4. The van der Waals surface area contributed by atoms with E-state index in [0.29, 0.717) is 78.1 Å². The van der Waals surface area contributed by atoms with E-state index in [2.05, 4.69) is 0 Å². The minimum Gasteiger partial charge on any atom is -0.497 e. The molecule has 1 amide bonds. The Morgan fingerprint density at radius 2 is 1.59 bits per heavy atom. The van der Waals surface area contributed by atoms with Crippen molar-refractivity contribution in [2.45, 2.75) is 23.5 Å². The lowest BCUT2D eigenvalue weighted by Gasteiger charge is -2.32. The van der Waals surface area contributed by atoms with Crippen LogP contribution in [0, 0.1) is 0 Å². The van der Waals surface area contributed by atoms with Crippen molar-refractivity contribution >= 4 is 27.3 Å². The number of thiophene rings is 1. The third-order valence-corrected chi connectivity index (χ3v) is 9.96. The molecule has 0 spiro atoms. The fraction of sp³-hybridized carbons (Fsp3) is 0.581. The van der Waals surface area contributed by atoms with Gasteiger partial charge in [-0.15, -0.1) is 0 Å². The van der Waals surface area contributed by atoms with Crippen molar-refractivity contribution in [1.29, 1.82) is 0 Å². The molecule has 0 unspecified atom stereocenters. The van der Waals surface area contributed by atoms with E-state index in [1.165, 1.54) is 19.2 Å². The summed E-state index contributed by atoms with van der Waals surface area (Å²) in [5, 5.41) is 13.6. The molecule has 2 aliphatic rings. The Morgan fingerprint density at radius 3 is 2.15 bits per heavy atom. The molecule has 1 aromatic carbocycles. The van der Waals surface area contributed by atoms with Crippen LogP contribution in [0.5, 0.6) is 5.75 Å². The number of rotatable bonds is 11. The summed E-state index contributed by atoms with van der Waals surface area (Å²) in [6.07, 6.45) is 1.44. The third kappa shape index (κ3) is 11.0. The molecule has 13 nitrogen and oxygen atoms in total. The van der Waals surface area contributed by atoms with Crippen LogP contribution in [0.3, 0.4) is 0 Å². The Bertz CT molecular complexity index is 1290. The fourth-order valence-corrected chi connectivity index (χ4v) is 7.00. The molecular formula is C31H44N2O11S2. The third-order valence-electron chi connectivity index (χ3n) is 7.34. The molecule has 2 aliphatic heterocycles. The standard InChI is InChI=1S/C31H44N2O11S2/c1-38-27-2-4-28(5-3-27)46(36,37)33(7-11-34)10-14-43-30-23-26(25-6-21-45-24-25)22-29(44-30)31(35)32-8-12-39-15-17-41-19-20-42-18-16-40-13-9-32/h2-6,21-22,24,26,30,34H,7-20,23H2,1H3/t26-,30+/m1/s1. The van der Waals surface area contributed by atoms with Crippen LogP contribution in [0.25, 0.3) is 0 Å². The number of allylic oxidation sites excluding steroid dienone is 1. The molecule has 0 radical (unpaired) electrons. The zero-order chi connectivity index (χ0) is 32.6. The van der Waals surface area contributed by atoms with Gasteiger partial charge >= 0.3 is 0 Å². The Hall–Kier alpha value is -2.60. The molecule has 2 atom stereocenters. The molecule has 46 heavy (non-hydrogen) atoms. The highest BCUT2D eigenvalue weighted by atomic mass is 32.2. The molecule has 2 aromatic rings. The summed E-state index contributed by atoms with van der Waals surface area (Å²) in [5.41, 5.74) is 1.03. The minimum absolute atomic E-state index is 0.0204. The Kier molecular flexibility index (Phi) is 15.2. The molecular weight excluding hydrogens is 640 g/mol. The number of methoxy groups -OCH3 is 1. The van der Waals surface area contributed by atoms with Crippen molar-refractivity contribution in [2.75, 3.05) is 99.4 Å². The maximum absolute atomic E-state index is 13.8. The average Bonchev–Trinajstić information content (AvgIpc) is 3.61. The summed E-state index contributed by atoms with van der Waals surface area (Å²) in [6, 6.07) is 8.04. The monoisotopic (exact) mass is 684 g/mol. The van der Waals surface area contributed by atoms with E-state index in [4.69, 9.17) is 33.2 Å². The predicted octanol–water partition coefficient (Wildman–Crippen LogP) is 2.08. The van der Waals surface area contributed by atoms with Crippen molar-refractivity contribution < 1.29 is 51.5 Å². The summed E-state index contributed by atoms with van der Waals surface area (Å²) in [6.45, 7) is 3.38. The van der Waals surface area contributed by atoms with Gasteiger partial charge in [0.2, 0.25) is 16.3 Å². The number of carbonyl (C=O) groups excluding carboxylic acids is 1. The topological polar surface area (TPSA) is 143 Å². The highest BCUT2D eigenvalue weighted by molar-refractivity contribution is 7.89. The van der Waals surface area contributed by atoms with E-state index in [1.807, 2.05) is 22.9 Å². The first-order valence-electron chi connectivity index (χ1n) is 15.3. The van der Waals surface area contributed by atoms with Gasteiger partial charge in [-0.3, -0.25) is 4.79 Å². The van der Waals surface area contributed by atoms with Crippen molar-refractivity contribution in [3.63, 3.8) is 0 Å². The second-order valence-corrected chi connectivity index (χ2v) is 13.1. The second kappa shape index (κ2) is 19.3. The quantitative estimate of drug-likeness (QED) is 0.372. The molecule has 1 N–H and O–H groups in total. The summed E-state index contributed by atoms with van der Waals surface area (Å²) < 4.78 is 67.4. The fourth-order valence-electron chi connectivity index (χ4n) is 4.86. The van der Waals surface area contributed by atoms with Gasteiger partial charge in [0.05, 0.1) is 78.1 Å². The normalized spacial score (nSPS) is 21.1. The van der Waals surface area contributed by atoms with E-state index in [-0.39, 0.29) is 48.8 Å². The van der Waals surface area contributed by atoms with E-state index >= 15 is 0 Å². The first-order valence-corrected chi connectivity index (χ1v) is 17.7. The Balaban J connectivity index is 1.42. The van der Waals surface area contributed by atoms with E-state index < -0.39 is 16.3 Å². The smallest absolute Gasteiger partial charge is 0.288 e. The number of nitrogens with zero attached hydrogens (tertiary/aromatic N) is 2. The van der Waals surface area contributed by atoms with Crippen LogP contribution in [0.4, 0.5) is 0 Å². The largest absolute Gasteiger partial charge is 0.497 e. The number of benzene rings is 1. The maximum atomic E-state index is 13.8. The van der Waals surface area contributed by atoms with E-state index in [1.54, 1.807) is 28.4 Å². The van der Waals surface area contributed by atoms with Crippen LogP contribution in [0.2, 0.25) is 0 Å². The van der Waals surface area contributed by atoms with Crippen LogP contribution < -0.4 is 4.74 Å². The van der Waals surface area contributed by atoms with E-state index in [9.17, 15) is 18.3 Å². The lowest BCUT2D eigenvalue weighted by atomic mass is 9.95. The molecule has 4 rings (SSSR count). The number of hydrogen-bond donors (Lipinski definition) is 1. The molecule has 0 bridgehead atoms. The summed E-state index contributed by atoms with van der Waals surface area (Å²) in [5.74, 6) is 0.213. The summed E-state index contributed by atoms with van der Waals surface area (Å²) in [4.78, 5) is 15.5. The van der Waals surface area contributed by atoms with Crippen LogP contribution in [-0.4, -0.2) is 134 Å². The van der Waals surface area contributed by atoms with Gasteiger partial charge in [-0.1, -0.05) is 0 Å². The average molecular weight is 685 g/mol. The maximum Gasteiger partial charge on any atom is 0.288 e. The summed E-state index contributed by atoms with van der Waals surface area (Å²) >= 11 is 1.56. The van der Waals surface area contributed by atoms with Gasteiger partial charge in [-0.05, 0) is 52.7 Å². The predicted molar refractivity (Wildman–Crippen MR) is 169 cm³/mol. The molecule has 1 aromatic heterocycles. The van der Waals surface area contributed by atoms with Gasteiger partial charge in [0.25, 0.3) is 5.91 Å². The molecule has 15 heteroatoms. The highest BCUT2D eigenvalue weighted by Gasteiger charge is 2.32. The van der Waals surface area contributed by atoms with Gasteiger partial charge in [-0.2, -0.15) is 15.6 Å². The Morgan fingerprint density at radius 1 is 0.957 bits per heavy atom. The molecule has 1 saturated heterocycles. The number of carbonyl (C=O) groups is 1. The zero-order valence-corrected chi connectivity index (χ0v) is 27.8. The molecule has 0 aliphatic carbocycles. The molecule has 1 fully saturated rings. The van der Waals surface area contributed by atoms with Gasteiger partial charge in [-0.25, -0.2) is 8.42 Å². The van der Waals surface area contributed by atoms with Crippen molar-refractivity contribution in [1.82, 2.24) is 9.21 Å². The lowest BCUT2D eigenvalue weighted by Crippen LogP contribution is -2.41. The van der Waals surface area contributed by atoms with E-state index in [0.717, 1.165) is 9.87 Å². The van der Waals surface area contributed by atoms with Crippen molar-refractivity contribution in [3.05, 3.63) is 58.5 Å². The summed E-state index contributed by atoms with van der Waals surface area (Å²) in [7, 11) is -2.41. The molecule has 256 valence electrons. The number of aliphatic hydroxyl groups excluding tert-OH is 1. The number of aliphatic hydroxyl groups is 1. The van der Waals surface area contributed by atoms with Crippen molar-refractivity contribution in [3.8, 4) is 5.75 Å². The van der Waals surface area contributed by atoms with Gasteiger partial charge in [0.1, 0.15) is 5.75 Å². The van der Waals surface area contributed by atoms with Crippen LogP contribution in [0.15, 0.2) is 57.8 Å². The van der Waals surface area contributed by atoms with Gasteiger partial charge < -0.3 is 43.2 Å². The van der Waals surface area contributed by atoms with Gasteiger partial charge in [0.15, 0.2) is 5.76 Å². The number of hydrogen-bond acceptors (Lipinski definition) is 12. The van der Waals surface area contributed by atoms with Gasteiger partial charge in [0, 0.05) is 38.5 Å². The highest BCUT2D eigenvalue weighted by Crippen LogP contribution is 2.33. The number of ether oxygens (including phenoxy) is 7. The SMILES string of the molecule is COc1ccc(S(=O)(=O)N(CCO)CCO[C@@H]2C[C@H](c3ccsc3)C=C(C(=O)N3CCOCCOCCOCCOCC3)O2)cc1. The van der Waals surface area contributed by atoms with Crippen LogP contribution in [-0.2, 0) is 43.2 Å². The number of amides is 1. The Labute approximate surface area is 274 Å². The first kappa shape index (κ1) is 36.2. The molecule has 0 saturated carbocycles. The first-order chi connectivity index (χ1) is 22.4. The molecule has 3 heterocycles.